The van der Waals surface area contributed by atoms with Crippen LogP contribution in [0.15, 0.2) is 183 Å². The van der Waals surface area contributed by atoms with Gasteiger partial charge in [-0.15, -0.1) is 0 Å². The number of fused-ring (bicyclic) bond motifs is 1. The van der Waals surface area contributed by atoms with Crippen molar-refractivity contribution in [3.05, 3.63) is 183 Å². The highest BCUT2D eigenvalue weighted by molar-refractivity contribution is 5.81. The SMILES string of the molecule is C=C1C2=C(C3=C(C)C=C(C4=C(C)C=C(C5=C(C)C=C(C)C5)C4)C3)C(CC(CCCCCC)CCCCCCCC)C(=C)C2=C(C2=C(C)C=C(C3=C(C)C=C(C4=C(C)C=C(C)C4)C3)C2)C1CC(CCCCCC)CCCCCCCC. The lowest BCUT2D eigenvalue weighted by Gasteiger charge is -2.29. The van der Waals surface area contributed by atoms with Gasteiger partial charge in [0, 0.05) is 11.8 Å². The second-order valence-electron chi connectivity index (χ2n) is 27.4. The van der Waals surface area contributed by atoms with Gasteiger partial charge in [0.1, 0.15) is 0 Å². The zero-order chi connectivity index (χ0) is 57.0. The number of allylic oxidation sites excluding steroid dienone is 30. The summed E-state index contributed by atoms with van der Waals surface area (Å²) >= 11 is 0. The first-order valence-electron chi connectivity index (χ1n) is 33.9. The van der Waals surface area contributed by atoms with Crippen LogP contribution in [0.2, 0.25) is 0 Å². The van der Waals surface area contributed by atoms with E-state index in [0.717, 1.165) is 38.5 Å². The predicted octanol–water partition coefficient (Wildman–Crippen LogP) is 25.3. The zero-order valence-corrected chi connectivity index (χ0v) is 53.8. The van der Waals surface area contributed by atoms with Crippen molar-refractivity contribution < 1.29 is 0 Å². The van der Waals surface area contributed by atoms with E-state index in [2.05, 4.69) is 120 Å². The Morgan fingerprint density at radius 3 is 0.875 bits per heavy atom. The van der Waals surface area contributed by atoms with Crippen LogP contribution in [0.25, 0.3) is 0 Å². The summed E-state index contributed by atoms with van der Waals surface area (Å²) in [5.74, 6) is 2.10. The molecule has 0 aliphatic heterocycles. The molecular weight excluding hydrogens is 961 g/mol. The Morgan fingerprint density at radius 2 is 0.575 bits per heavy atom. The molecule has 0 saturated heterocycles. The van der Waals surface area contributed by atoms with Crippen molar-refractivity contribution in [2.24, 2.45) is 23.7 Å². The van der Waals surface area contributed by atoms with Crippen molar-refractivity contribution in [3.63, 3.8) is 0 Å². The molecule has 0 aromatic rings. The minimum absolute atomic E-state index is 0.337. The van der Waals surface area contributed by atoms with Crippen LogP contribution in [0.1, 0.15) is 289 Å². The third-order valence-electron chi connectivity index (χ3n) is 20.9. The van der Waals surface area contributed by atoms with E-state index in [1.165, 1.54) is 223 Å². The average Bonchev–Trinajstić information content (AvgIpc) is 4.50. The maximum absolute atomic E-state index is 5.44. The van der Waals surface area contributed by atoms with Crippen molar-refractivity contribution in [3.8, 4) is 0 Å². The molecule has 434 valence electrons. The first-order valence-corrected chi connectivity index (χ1v) is 33.9. The summed E-state index contributed by atoms with van der Waals surface area (Å²) in [6.45, 7) is 39.4. The van der Waals surface area contributed by atoms with Gasteiger partial charge < -0.3 is 0 Å². The molecule has 0 fully saturated rings. The van der Waals surface area contributed by atoms with Crippen molar-refractivity contribution in [1.29, 1.82) is 0 Å². The van der Waals surface area contributed by atoms with Crippen LogP contribution in [0, 0.1) is 23.7 Å². The van der Waals surface area contributed by atoms with Gasteiger partial charge in [0.25, 0.3) is 0 Å². The fraction of sp³-hybridized carbons (Fsp3) is 0.600. The molecule has 0 saturated carbocycles. The number of hydrogen-bond donors (Lipinski definition) is 0. The normalized spacial score (nSPS) is 22.2. The van der Waals surface area contributed by atoms with Gasteiger partial charge in [-0.1, -0.05) is 243 Å². The van der Waals surface area contributed by atoms with E-state index in [4.69, 9.17) is 13.2 Å². The molecule has 80 heavy (non-hydrogen) atoms. The van der Waals surface area contributed by atoms with E-state index in [0.29, 0.717) is 23.7 Å². The quantitative estimate of drug-likeness (QED) is 0.0564. The summed E-state index contributed by atoms with van der Waals surface area (Å²) in [6.07, 6.45) is 56.8. The second-order valence-corrected chi connectivity index (χ2v) is 27.4. The fourth-order valence-corrected chi connectivity index (χ4v) is 16.4. The predicted molar refractivity (Wildman–Crippen MR) is 353 cm³/mol. The Bertz CT molecular complexity index is 2610. The molecule has 8 aliphatic carbocycles. The molecule has 0 nitrogen and oxygen atoms in total. The van der Waals surface area contributed by atoms with Crippen molar-refractivity contribution in [1.82, 2.24) is 0 Å². The van der Waals surface area contributed by atoms with E-state index >= 15 is 0 Å². The molecule has 0 amide bonds. The van der Waals surface area contributed by atoms with Gasteiger partial charge in [-0.05, 0) is 241 Å². The lowest BCUT2D eigenvalue weighted by atomic mass is 9.75. The summed E-state index contributed by atoms with van der Waals surface area (Å²) in [7, 11) is 0. The lowest BCUT2D eigenvalue weighted by molar-refractivity contribution is 0.353. The highest BCUT2D eigenvalue weighted by Crippen LogP contribution is 2.62. The van der Waals surface area contributed by atoms with Crippen LogP contribution in [0.4, 0.5) is 0 Å². The Hall–Kier alpha value is -4.16. The maximum atomic E-state index is 5.44. The molecule has 0 radical (unpaired) electrons. The Kier molecular flexibility index (Phi) is 22.7. The minimum Gasteiger partial charge on any atom is -0.0946 e. The zero-order valence-electron chi connectivity index (χ0n) is 53.8. The molecule has 0 bridgehead atoms. The third-order valence-corrected chi connectivity index (χ3v) is 20.9. The maximum Gasteiger partial charge on any atom is 0.0102 e. The van der Waals surface area contributed by atoms with Crippen molar-refractivity contribution in [2.45, 2.75) is 289 Å². The summed E-state index contributed by atoms with van der Waals surface area (Å²) in [5, 5.41) is 0. The molecule has 0 aromatic carbocycles. The van der Waals surface area contributed by atoms with Crippen LogP contribution < -0.4 is 0 Å². The van der Waals surface area contributed by atoms with Crippen LogP contribution in [-0.4, -0.2) is 0 Å². The standard InChI is InChI=1S/C80H114/c1-15-19-23-27-29-33-37-63(35-31-25-21-17-3)47-75-61(13)77-78(79(75)73-51-67(45-59(73)11)71-49-65(43-57(71)9)69-41-53(5)39-55(69)7)62(14)76(48-64(36-32-26-22-18-4)38-34-30-28-24-20-16-2)80(77)74-52-68(46-60(74)12)72-50-66(44-58(72)10)70-42-54(6)40-56(70)8/h39-40,43-46,63-64,75-76H,13-38,41-42,47-52H2,1-12H3. The first kappa shape index (κ1) is 61.9. The third kappa shape index (κ3) is 14.6. The van der Waals surface area contributed by atoms with Crippen molar-refractivity contribution in [2.75, 3.05) is 0 Å². The van der Waals surface area contributed by atoms with Gasteiger partial charge in [0.2, 0.25) is 0 Å². The second kappa shape index (κ2) is 29.4. The van der Waals surface area contributed by atoms with Crippen LogP contribution >= 0.6 is 0 Å². The fourth-order valence-electron chi connectivity index (χ4n) is 16.4. The summed E-state index contributed by atoms with van der Waals surface area (Å²) < 4.78 is 0. The molecule has 0 heteroatoms. The lowest BCUT2D eigenvalue weighted by Crippen LogP contribution is -2.16. The molecule has 4 atom stereocenters. The Morgan fingerprint density at radius 1 is 0.325 bits per heavy atom. The van der Waals surface area contributed by atoms with Crippen molar-refractivity contribution >= 4 is 0 Å². The number of rotatable bonds is 34. The Labute approximate surface area is 492 Å². The van der Waals surface area contributed by atoms with E-state index in [-0.39, 0.29) is 0 Å². The van der Waals surface area contributed by atoms with Gasteiger partial charge >= 0.3 is 0 Å². The van der Waals surface area contributed by atoms with E-state index in [1.807, 2.05) is 0 Å². The highest BCUT2D eigenvalue weighted by atomic mass is 14.5. The van der Waals surface area contributed by atoms with E-state index in [1.54, 1.807) is 78.0 Å². The molecule has 0 aromatic heterocycles. The summed E-state index contributed by atoms with van der Waals surface area (Å²) in [4.78, 5) is 0. The number of unbranched alkanes of at least 4 members (excludes halogenated alkanes) is 16. The van der Waals surface area contributed by atoms with Gasteiger partial charge in [-0.25, -0.2) is 0 Å². The molecule has 0 heterocycles. The van der Waals surface area contributed by atoms with Crippen LogP contribution in [0.3, 0.4) is 0 Å². The van der Waals surface area contributed by atoms with Gasteiger partial charge in [-0.3, -0.25) is 0 Å². The topological polar surface area (TPSA) is 0 Å². The average molecular weight is 1080 g/mol. The van der Waals surface area contributed by atoms with E-state index in [9.17, 15) is 0 Å². The minimum atomic E-state index is 0.337. The van der Waals surface area contributed by atoms with Crippen LogP contribution in [-0.2, 0) is 0 Å². The molecule has 8 aliphatic rings. The molecular formula is C80H114. The first-order chi connectivity index (χ1) is 38.7. The smallest absolute Gasteiger partial charge is 0.0102 e. The van der Waals surface area contributed by atoms with Gasteiger partial charge in [0.05, 0.1) is 0 Å². The molecule has 0 N–H and O–H groups in total. The highest BCUT2D eigenvalue weighted by Gasteiger charge is 2.47. The molecule has 4 unspecified atom stereocenters. The molecule has 0 spiro atoms. The molecule has 8 rings (SSSR count). The largest absolute Gasteiger partial charge is 0.0946 e. The van der Waals surface area contributed by atoms with E-state index < -0.39 is 0 Å². The summed E-state index contributed by atoms with van der Waals surface area (Å²) in [5.41, 5.74) is 37.0. The van der Waals surface area contributed by atoms with Gasteiger partial charge in [0.15, 0.2) is 0 Å². The Balaban J connectivity index is 1.19. The monoisotopic (exact) mass is 1070 g/mol. The summed E-state index contributed by atoms with van der Waals surface area (Å²) in [6, 6.07) is 0. The number of hydrogen-bond acceptors (Lipinski definition) is 0. The van der Waals surface area contributed by atoms with Crippen LogP contribution in [0.5, 0.6) is 0 Å². The van der Waals surface area contributed by atoms with Gasteiger partial charge in [-0.2, -0.15) is 0 Å².